The van der Waals surface area contributed by atoms with Crippen LogP contribution in [0.2, 0.25) is 5.02 Å². The standard InChI is InChI=1S/C14H18ClN3O2S/c1-9-5-6-11(10(15)7-9)21(19,20)18-13-8-12(16-17-13)14(2,3)4/h5-8H,1-4H3,(H2,16,17,18). The molecule has 0 unspecified atom stereocenters. The summed E-state index contributed by atoms with van der Waals surface area (Å²) in [6, 6.07) is 6.48. The monoisotopic (exact) mass is 327 g/mol. The Kier molecular flexibility index (Phi) is 4.04. The molecule has 0 fully saturated rings. The van der Waals surface area contributed by atoms with Crippen LogP contribution in [0.25, 0.3) is 0 Å². The second-order valence-electron chi connectivity index (χ2n) is 5.96. The SMILES string of the molecule is Cc1ccc(S(=O)(=O)Nc2cc(C(C)(C)C)[nH]n2)c(Cl)c1. The van der Waals surface area contributed by atoms with E-state index in [0.717, 1.165) is 11.3 Å². The minimum Gasteiger partial charge on any atom is -0.280 e. The van der Waals surface area contributed by atoms with E-state index in [2.05, 4.69) is 14.9 Å². The fourth-order valence-corrected chi connectivity index (χ4v) is 3.37. The molecule has 0 saturated carbocycles. The molecule has 0 bridgehead atoms. The number of nitrogens with zero attached hydrogens (tertiary/aromatic N) is 1. The quantitative estimate of drug-likeness (QED) is 0.906. The molecule has 1 heterocycles. The van der Waals surface area contributed by atoms with Crippen molar-refractivity contribution in [3.63, 3.8) is 0 Å². The van der Waals surface area contributed by atoms with Crippen molar-refractivity contribution in [3.05, 3.63) is 40.5 Å². The van der Waals surface area contributed by atoms with Crippen LogP contribution in [-0.2, 0) is 15.4 Å². The van der Waals surface area contributed by atoms with Gasteiger partial charge in [0.25, 0.3) is 10.0 Å². The van der Waals surface area contributed by atoms with E-state index >= 15 is 0 Å². The molecule has 2 N–H and O–H groups in total. The highest BCUT2D eigenvalue weighted by molar-refractivity contribution is 7.92. The number of halogens is 1. The maximum atomic E-state index is 12.3. The summed E-state index contributed by atoms with van der Waals surface area (Å²) in [6.07, 6.45) is 0. The summed E-state index contributed by atoms with van der Waals surface area (Å²) in [5.41, 5.74) is 1.60. The van der Waals surface area contributed by atoms with Crippen molar-refractivity contribution < 1.29 is 8.42 Å². The first-order valence-corrected chi connectivity index (χ1v) is 8.30. The Morgan fingerprint density at radius 1 is 1.24 bits per heavy atom. The van der Waals surface area contributed by atoms with Crippen molar-refractivity contribution in [2.45, 2.75) is 38.0 Å². The molecule has 114 valence electrons. The van der Waals surface area contributed by atoms with Crippen LogP contribution in [0.1, 0.15) is 32.0 Å². The predicted molar refractivity (Wildman–Crippen MR) is 84.3 cm³/mol. The molecule has 7 heteroatoms. The molecule has 0 aliphatic carbocycles. The summed E-state index contributed by atoms with van der Waals surface area (Å²) in [5, 5.41) is 7.00. The summed E-state index contributed by atoms with van der Waals surface area (Å²) in [7, 11) is -3.76. The van der Waals surface area contributed by atoms with Crippen LogP contribution in [0.4, 0.5) is 5.82 Å². The summed E-state index contributed by atoms with van der Waals surface area (Å²) in [4.78, 5) is 0.0371. The number of anilines is 1. The molecule has 0 aliphatic rings. The molecular weight excluding hydrogens is 310 g/mol. The first kappa shape index (κ1) is 15.9. The van der Waals surface area contributed by atoms with Gasteiger partial charge in [0.2, 0.25) is 0 Å². The van der Waals surface area contributed by atoms with Crippen molar-refractivity contribution in [1.82, 2.24) is 10.2 Å². The number of sulfonamides is 1. The average molecular weight is 328 g/mol. The molecule has 0 atom stereocenters. The molecule has 0 saturated heterocycles. The molecule has 21 heavy (non-hydrogen) atoms. The molecule has 0 spiro atoms. The van der Waals surface area contributed by atoms with E-state index in [0.29, 0.717) is 0 Å². The Labute approximate surface area is 129 Å². The van der Waals surface area contributed by atoms with Gasteiger partial charge in [-0.3, -0.25) is 9.82 Å². The van der Waals surface area contributed by atoms with Crippen molar-refractivity contribution in [2.24, 2.45) is 0 Å². The number of hydrogen-bond donors (Lipinski definition) is 2. The zero-order valence-corrected chi connectivity index (χ0v) is 13.9. The Balaban J connectivity index is 2.31. The number of rotatable bonds is 3. The number of hydrogen-bond acceptors (Lipinski definition) is 3. The third kappa shape index (κ3) is 3.57. The lowest BCUT2D eigenvalue weighted by molar-refractivity contribution is 0.567. The molecule has 2 aromatic rings. The van der Waals surface area contributed by atoms with Gasteiger partial charge in [0.15, 0.2) is 5.82 Å². The van der Waals surface area contributed by atoms with Crippen LogP contribution in [0.5, 0.6) is 0 Å². The van der Waals surface area contributed by atoms with Gasteiger partial charge in [-0.15, -0.1) is 0 Å². The number of aromatic amines is 1. The van der Waals surface area contributed by atoms with Crippen LogP contribution in [0, 0.1) is 6.92 Å². The van der Waals surface area contributed by atoms with Crippen LogP contribution in [0.15, 0.2) is 29.2 Å². The summed E-state index contributed by atoms with van der Waals surface area (Å²) < 4.78 is 27.1. The Morgan fingerprint density at radius 2 is 1.90 bits per heavy atom. The predicted octanol–water partition coefficient (Wildman–Crippen LogP) is 3.47. The number of aryl methyl sites for hydroxylation is 1. The minimum absolute atomic E-state index is 0.0371. The molecule has 0 radical (unpaired) electrons. The van der Waals surface area contributed by atoms with Gasteiger partial charge >= 0.3 is 0 Å². The van der Waals surface area contributed by atoms with Gasteiger partial charge in [0, 0.05) is 17.2 Å². The number of nitrogens with one attached hydrogen (secondary N) is 2. The van der Waals surface area contributed by atoms with E-state index in [-0.39, 0.29) is 21.2 Å². The third-order valence-electron chi connectivity index (χ3n) is 3.00. The topological polar surface area (TPSA) is 74.8 Å². The lowest BCUT2D eigenvalue weighted by atomic mass is 9.92. The van der Waals surface area contributed by atoms with Crippen LogP contribution in [0.3, 0.4) is 0 Å². The fourth-order valence-electron chi connectivity index (χ4n) is 1.77. The third-order valence-corrected chi connectivity index (χ3v) is 4.84. The van der Waals surface area contributed by atoms with Crippen molar-refractivity contribution in [1.29, 1.82) is 0 Å². The van der Waals surface area contributed by atoms with Crippen LogP contribution >= 0.6 is 11.6 Å². The maximum Gasteiger partial charge on any atom is 0.264 e. The molecular formula is C14H18ClN3O2S. The highest BCUT2D eigenvalue weighted by atomic mass is 35.5. The number of benzene rings is 1. The van der Waals surface area contributed by atoms with E-state index < -0.39 is 10.0 Å². The lowest BCUT2D eigenvalue weighted by Crippen LogP contribution is -2.14. The minimum atomic E-state index is -3.76. The Morgan fingerprint density at radius 3 is 2.43 bits per heavy atom. The van der Waals surface area contributed by atoms with E-state index in [1.165, 1.54) is 6.07 Å². The van der Waals surface area contributed by atoms with Crippen molar-refractivity contribution in [3.8, 4) is 0 Å². The van der Waals surface area contributed by atoms with Gasteiger partial charge in [0.1, 0.15) is 4.90 Å². The second-order valence-corrected chi connectivity index (χ2v) is 8.01. The molecule has 2 rings (SSSR count). The molecule has 5 nitrogen and oxygen atoms in total. The Bertz CT molecular complexity index is 761. The second kappa shape index (κ2) is 5.35. The first-order valence-electron chi connectivity index (χ1n) is 6.44. The van der Waals surface area contributed by atoms with Crippen LogP contribution in [-0.4, -0.2) is 18.6 Å². The molecule has 0 aliphatic heterocycles. The highest BCUT2D eigenvalue weighted by Crippen LogP contribution is 2.26. The molecule has 1 aromatic heterocycles. The van der Waals surface area contributed by atoms with E-state index in [4.69, 9.17) is 11.6 Å². The number of aromatic nitrogens is 2. The van der Waals surface area contributed by atoms with Gasteiger partial charge in [-0.05, 0) is 24.6 Å². The largest absolute Gasteiger partial charge is 0.280 e. The summed E-state index contributed by atoms with van der Waals surface area (Å²) in [6.45, 7) is 7.87. The van der Waals surface area contributed by atoms with Gasteiger partial charge in [0.05, 0.1) is 5.02 Å². The Hall–Kier alpha value is -1.53. The highest BCUT2D eigenvalue weighted by Gasteiger charge is 2.21. The normalized spacial score (nSPS) is 12.4. The van der Waals surface area contributed by atoms with Crippen LogP contribution < -0.4 is 4.72 Å². The van der Waals surface area contributed by atoms with Crippen molar-refractivity contribution >= 4 is 27.4 Å². The van der Waals surface area contributed by atoms with E-state index in [1.54, 1.807) is 18.2 Å². The average Bonchev–Trinajstić information content (AvgIpc) is 2.75. The van der Waals surface area contributed by atoms with E-state index in [1.807, 2.05) is 27.7 Å². The zero-order chi connectivity index (χ0) is 15.8. The lowest BCUT2D eigenvalue weighted by Gasteiger charge is -2.14. The summed E-state index contributed by atoms with van der Waals surface area (Å²) in [5.74, 6) is 0.247. The maximum absolute atomic E-state index is 12.3. The first-order chi connectivity index (χ1) is 9.59. The van der Waals surface area contributed by atoms with Gasteiger partial charge < -0.3 is 0 Å². The fraction of sp³-hybridized carbons (Fsp3) is 0.357. The van der Waals surface area contributed by atoms with Gasteiger partial charge in [-0.1, -0.05) is 38.4 Å². The summed E-state index contributed by atoms with van der Waals surface area (Å²) >= 11 is 6.01. The smallest absolute Gasteiger partial charge is 0.264 e. The van der Waals surface area contributed by atoms with Gasteiger partial charge in [-0.25, -0.2) is 8.42 Å². The van der Waals surface area contributed by atoms with Gasteiger partial charge in [-0.2, -0.15) is 5.10 Å². The van der Waals surface area contributed by atoms with E-state index in [9.17, 15) is 8.42 Å². The van der Waals surface area contributed by atoms with Crippen molar-refractivity contribution in [2.75, 3.05) is 4.72 Å². The molecule has 1 aromatic carbocycles. The number of H-pyrrole nitrogens is 1. The zero-order valence-electron chi connectivity index (χ0n) is 12.4. The molecule has 0 amide bonds.